The highest BCUT2D eigenvalue weighted by molar-refractivity contribution is 7.89. The molecule has 0 radical (unpaired) electrons. The third-order valence-electron chi connectivity index (χ3n) is 4.74. The average molecular weight is 398 g/mol. The van der Waals surface area contributed by atoms with E-state index in [2.05, 4.69) is 27.5 Å². The van der Waals surface area contributed by atoms with Gasteiger partial charge in [-0.05, 0) is 32.2 Å². The van der Waals surface area contributed by atoms with Crippen molar-refractivity contribution in [1.29, 1.82) is 0 Å². The fraction of sp³-hybridized carbons (Fsp3) is 0.611. The Morgan fingerprint density at radius 3 is 2.30 bits per heavy atom. The number of benzene rings is 1. The van der Waals surface area contributed by atoms with Gasteiger partial charge in [0.15, 0.2) is 0 Å². The zero-order valence-corrected chi connectivity index (χ0v) is 17.5. The molecule has 1 saturated heterocycles. The lowest BCUT2D eigenvalue weighted by Crippen LogP contribution is -2.45. The zero-order chi connectivity index (χ0) is 20.0. The highest BCUT2D eigenvalue weighted by atomic mass is 32.2. The molecule has 2 N–H and O–H groups in total. The van der Waals surface area contributed by atoms with Crippen molar-refractivity contribution in [2.24, 2.45) is 0 Å². The molecule has 0 bridgehead atoms. The van der Waals surface area contributed by atoms with Crippen molar-refractivity contribution in [3.8, 4) is 0 Å². The van der Waals surface area contributed by atoms with Gasteiger partial charge < -0.3 is 20.4 Å². The van der Waals surface area contributed by atoms with Crippen LogP contribution in [0.25, 0.3) is 0 Å². The second kappa shape index (κ2) is 9.38. The van der Waals surface area contributed by atoms with Crippen LogP contribution in [-0.4, -0.2) is 76.5 Å². The van der Waals surface area contributed by atoms with E-state index in [0.717, 1.165) is 31.9 Å². The number of piperazine rings is 1. The largest absolute Gasteiger partial charge is 0.367 e. The molecule has 0 aromatic heterocycles. The zero-order valence-electron chi connectivity index (χ0n) is 16.7. The fourth-order valence-corrected chi connectivity index (χ4v) is 4.62. The van der Waals surface area contributed by atoms with E-state index >= 15 is 0 Å². The molecule has 2 amide bonds. The average Bonchev–Trinajstić information content (AvgIpc) is 2.63. The molecule has 1 fully saturated rings. The number of nitrogens with zero attached hydrogens (tertiary/aromatic N) is 3. The first-order valence-electron chi connectivity index (χ1n) is 9.46. The normalized spacial score (nSPS) is 15.8. The number of likely N-dealkylation sites (N-methyl/N-ethyl adjacent to an activating group) is 1. The van der Waals surface area contributed by atoms with Gasteiger partial charge in [-0.25, -0.2) is 13.2 Å². The summed E-state index contributed by atoms with van der Waals surface area (Å²) in [6.45, 7) is 10.2. The van der Waals surface area contributed by atoms with E-state index in [-0.39, 0.29) is 10.9 Å². The second-order valence-electron chi connectivity index (χ2n) is 6.54. The Morgan fingerprint density at radius 1 is 1.11 bits per heavy atom. The summed E-state index contributed by atoms with van der Waals surface area (Å²) in [7, 11) is -1.52. The van der Waals surface area contributed by atoms with Crippen LogP contribution >= 0.6 is 0 Å². The van der Waals surface area contributed by atoms with Gasteiger partial charge in [0.05, 0.1) is 16.3 Å². The van der Waals surface area contributed by atoms with Crippen LogP contribution in [0.3, 0.4) is 0 Å². The molecule has 27 heavy (non-hydrogen) atoms. The van der Waals surface area contributed by atoms with Crippen molar-refractivity contribution in [2.75, 3.05) is 63.1 Å². The van der Waals surface area contributed by atoms with E-state index in [9.17, 15) is 13.2 Å². The van der Waals surface area contributed by atoms with Crippen LogP contribution < -0.4 is 15.5 Å². The number of anilines is 2. The molecule has 1 aliphatic heterocycles. The molecule has 0 atom stereocenters. The predicted octanol–water partition coefficient (Wildman–Crippen LogP) is 1.61. The van der Waals surface area contributed by atoms with Gasteiger partial charge in [0.2, 0.25) is 10.0 Å². The second-order valence-corrected chi connectivity index (χ2v) is 8.48. The Balaban J connectivity index is 2.41. The summed E-state index contributed by atoms with van der Waals surface area (Å²) in [5.74, 6) is 0. The molecule has 1 aromatic carbocycles. The van der Waals surface area contributed by atoms with E-state index in [1.165, 1.54) is 4.31 Å². The van der Waals surface area contributed by atoms with Gasteiger partial charge in [0, 0.05) is 45.8 Å². The maximum absolute atomic E-state index is 12.9. The molecule has 9 heteroatoms. The summed E-state index contributed by atoms with van der Waals surface area (Å²) < 4.78 is 27.1. The maximum atomic E-state index is 12.9. The number of carbonyl (C=O) groups is 1. The van der Waals surface area contributed by atoms with Crippen LogP contribution in [-0.2, 0) is 10.0 Å². The van der Waals surface area contributed by atoms with Gasteiger partial charge in [-0.3, -0.25) is 0 Å². The summed E-state index contributed by atoms with van der Waals surface area (Å²) in [5.41, 5.74) is 1.35. The monoisotopic (exact) mass is 397 g/mol. The minimum absolute atomic E-state index is 0.191. The van der Waals surface area contributed by atoms with Crippen LogP contribution in [0.1, 0.15) is 20.8 Å². The minimum Gasteiger partial charge on any atom is -0.367 e. The number of hydrogen-bond donors (Lipinski definition) is 2. The SMILES string of the molecule is CCNC(=O)Nc1cc(S(=O)(=O)N(CC)CC)ccc1N1CCN(C)CC1. The van der Waals surface area contributed by atoms with Crippen LogP contribution in [0.4, 0.5) is 16.2 Å². The highest BCUT2D eigenvalue weighted by Crippen LogP contribution is 2.31. The number of amides is 2. The first-order valence-corrected chi connectivity index (χ1v) is 10.9. The lowest BCUT2D eigenvalue weighted by atomic mass is 10.2. The molecular weight excluding hydrogens is 366 g/mol. The van der Waals surface area contributed by atoms with Gasteiger partial charge in [0.25, 0.3) is 0 Å². The maximum Gasteiger partial charge on any atom is 0.319 e. The van der Waals surface area contributed by atoms with Gasteiger partial charge in [0.1, 0.15) is 0 Å². The van der Waals surface area contributed by atoms with Gasteiger partial charge >= 0.3 is 6.03 Å². The molecule has 0 aliphatic carbocycles. The first kappa shape index (κ1) is 21.5. The number of hydrogen-bond acceptors (Lipinski definition) is 5. The number of nitrogens with one attached hydrogen (secondary N) is 2. The van der Waals surface area contributed by atoms with Crippen LogP contribution in [0.2, 0.25) is 0 Å². The van der Waals surface area contributed by atoms with E-state index in [4.69, 9.17) is 0 Å². The van der Waals surface area contributed by atoms with Crippen molar-refractivity contribution >= 4 is 27.4 Å². The Morgan fingerprint density at radius 2 is 1.74 bits per heavy atom. The molecule has 2 rings (SSSR count). The highest BCUT2D eigenvalue weighted by Gasteiger charge is 2.25. The van der Waals surface area contributed by atoms with E-state index in [1.54, 1.807) is 18.2 Å². The third kappa shape index (κ3) is 5.12. The van der Waals surface area contributed by atoms with Crippen LogP contribution in [0, 0.1) is 0 Å². The Labute approximate surface area is 162 Å². The molecule has 8 nitrogen and oxygen atoms in total. The third-order valence-corrected chi connectivity index (χ3v) is 6.79. The van der Waals surface area contributed by atoms with Crippen LogP contribution in [0.15, 0.2) is 23.1 Å². The molecule has 0 saturated carbocycles. The van der Waals surface area contributed by atoms with Gasteiger partial charge in [-0.2, -0.15) is 4.31 Å². The minimum atomic E-state index is -3.59. The smallest absolute Gasteiger partial charge is 0.319 e. The predicted molar refractivity (Wildman–Crippen MR) is 109 cm³/mol. The van der Waals surface area contributed by atoms with Crippen molar-refractivity contribution in [3.63, 3.8) is 0 Å². The summed E-state index contributed by atoms with van der Waals surface area (Å²) in [4.78, 5) is 16.7. The molecule has 0 spiro atoms. The first-order chi connectivity index (χ1) is 12.8. The van der Waals surface area contributed by atoms with Crippen molar-refractivity contribution < 1.29 is 13.2 Å². The summed E-state index contributed by atoms with van der Waals surface area (Å²) in [6.07, 6.45) is 0. The summed E-state index contributed by atoms with van der Waals surface area (Å²) >= 11 is 0. The topological polar surface area (TPSA) is 85.0 Å². The van der Waals surface area contributed by atoms with E-state index in [0.29, 0.717) is 25.3 Å². The summed E-state index contributed by atoms with van der Waals surface area (Å²) in [6, 6.07) is 4.65. The van der Waals surface area contributed by atoms with Crippen LogP contribution in [0.5, 0.6) is 0 Å². The lowest BCUT2D eigenvalue weighted by Gasteiger charge is -2.35. The summed E-state index contributed by atoms with van der Waals surface area (Å²) in [5, 5.41) is 5.52. The fourth-order valence-electron chi connectivity index (χ4n) is 3.14. The standard InChI is InChI=1S/C18H31N5O3S/c1-5-19-18(24)20-16-14-15(27(25,26)23(6-2)7-3)8-9-17(16)22-12-10-21(4)11-13-22/h8-9,14H,5-7,10-13H2,1-4H3,(H2,19,20,24). The molecule has 1 heterocycles. The van der Waals surface area contributed by atoms with E-state index in [1.807, 2.05) is 20.8 Å². The van der Waals surface area contributed by atoms with Crippen molar-refractivity contribution in [3.05, 3.63) is 18.2 Å². The molecule has 1 aromatic rings. The van der Waals surface area contributed by atoms with Gasteiger partial charge in [-0.1, -0.05) is 13.8 Å². The molecule has 152 valence electrons. The Hall–Kier alpha value is -1.84. The molecular formula is C18H31N5O3S. The lowest BCUT2D eigenvalue weighted by molar-refractivity contribution is 0.252. The van der Waals surface area contributed by atoms with Gasteiger partial charge in [-0.15, -0.1) is 0 Å². The van der Waals surface area contributed by atoms with Crippen molar-refractivity contribution in [1.82, 2.24) is 14.5 Å². The quantitative estimate of drug-likeness (QED) is 0.730. The number of sulfonamides is 1. The number of urea groups is 1. The molecule has 1 aliphatic rings. The number of carbonyl (C=O) groups excluding carboxylic acids is 1. The Bertz CT molecular complexity index is 741. The Kier molecular flexibility index (Phi) is 7.46. The molecule has 0 unspecified atom stereocenters. The van der Waals surface area contributed by atoms with E-state index < -0.39 is 10.0 Å². The van der Waals surface area contributed by atoms with Crippen molar-refractivity contribution in [2.45, 2.75) is 25.7 Å². The number of rotatable bonds is 7.